The van der Waals surface area contributed by atoms with E-state index >= 15 is 0 Å². The SMILES string of the molecule is COC(=O)C1(Cc2ccsc2)C(=O)N(C)C2=C1C(=O)c1ccccc1C2=O. The molecular weight excluding hydrogens is 366 g/mol. The first-order valence-corrected chi connectivity index (χ1v) is 9.18. The lowest BCUT2D eigenvalue weighted by atomic mass is 9.71. The predicted octanol–water partition coefficient (Wildman–Crippen LogP) is 2.26. The van der Waals surface area contributed by atoms with Crippen LogP contribution >= 0.6 is 11.3 Å². The van der Waals surface area contributed by atoms with Crippen LogP contribution in [0.3, 0.4) is 0 Å². The maximum atomic E-state index is 13.3. The number of nitrogens with zero attached hydrogens (tertiary/aromatic N) is 1. The number of hydrogen-bond acceptors (Lipinski definition) is 6. The molecule has 1 unspecified atom stereocenters. The van der Waals surface area contributed by atoms with Gasteiger partial charge in [-0.05, 0) is 22.4 Å². The Labute approximate surface area is 159 Å². The second kappa shape index (κ2) is 5.99. The molecule has 0 spiro atoms. The van der Waals surface area contributed by atoms with Crippen molar-refractivity contribution in [1.82, 2.24) is 4.90 Å². The molecule has 0 saturated carbocycles. The molecule has 1 atom stereocenters. The summed E-state index contributed by atoms with van der Waals surface area (Å²) in [6, 6.07) is 8.17. The summed E-state index contributed by atoms with van der Waals surface area (Å²) in [5, 5.41) is 3.63. The highest BCUT2D eigenvalue weighted by Crippen LogP contribution is 2.48. The zero-order valence-electron chi connectivity index (χ0n) is 14.6. The van der Waals surface area contributed by atoms with E-state index in [2.05, 4.69) is 0 Å². The van der Waals surface area contributed by atoms with Gasteiger partial charge in [-0.15, -0.1) is 0 Å². The van der Waals surface area contributed by atoms with Gasteiger partial charge in [-0.25, -0.2) is 0 Å². The van der Waals surface area contributed by atoms with Gasteiger partial charge in [0.15, 0.2) is 11.2 Å². The van der Waals surface area contributed by atoms with Gasteiger partial charge in [0, 0.05) is 24.6 Å². The topological polar surface area (TPSA) is 80.8 Å². The monoisotopic (exact) mass is 381 g/mol. The minimum absolute atomic E-state index is 0.0354. The number of amides is 1. The third-order valence-corrected chi connectivity index (χ3v) is 5.84. The van der Waals surface area contributed by atoms with Crippen molar-refractivity contribution in [3.05, 3.63) is 69.1 Å². The number of ether oxygens (including phenoxy) is 1. The van der Waals surface area contributed by atoms with Gasteiger partial charge in [0.25, 0.3) is 0 Å². The second-order valence-corrected chi connectivity index (χ2v) is 7.28. The van der Waals surface area contributed by atoms with E-state index < -0.39 is 28.9 Å². The van der Waals surface area contributed by atoms with Crippen LogP contribution in [0.25, 0.3) is 0 Å². The molecule has 27 heavy (non-hydrogen) atoms. The van der Waals surface area contributed by atoms with Crippen molar-refractivity contribution in [3.63, 3.8) is 0 Å². The van der Waals surface area contributed by atoms with Crippen LogP contribution in [0.5, 0.6) is 0 Å². The summed E-state index contributed by atoms with van der Waals surface area (Å²) in [6.07, 6.45) is -0.0354. The first-order chi connectivity index (χ1) is 12.9. The average molecular weight is 381 g/mol. The number of likely N-dealkylation sites (N-methyl/N-ethyl adjacent to an activating group) is 1. The van der Waals surface area contributed by atoms with Crippen LogP contribution in [-0.2, 0) is 20.7 Å². The van der Waals surface area contributed by atoms with E-state index in [1.54, 1.807) is 29.6 Å². The first kappa shape index (κ1) is 17.4. The number of esters is 1. The Bertz CT molecular complexity index is 1040. The lowest BCUT2D eigenvalue weighted by molar-refractivity contribution is -0.157. The third kappa shape index (κ3) is 2.18. The van der Waals surface area contributed by atoms with Crippen LogP contribution in [0.1, 0.15) is 26.3 Å². The number of allylic oxidation sites excluding steroid dienone is 1. The van der Waals surface area contributed by atoms with Gasteiger partial charge in [0.05, 0.1) is 12.7 Å². The number of methoxy groups -OCH3 is 1. The molecule has 1 aliphatic carbocycles. The molecule has 2 heterocycles. The number of carbonyl (C=O) groups is 4. The zero-order valence-corrected chi connectivity index (χ0v) is 15.5. The van der Waals surface area contributed by atoms with Gasteiger partial charge in [0.1, 0.15) is 5.70 Å². The summed E-state index contributed by atoms with van der Waals surface area (Å²) in [5.74, 6) is -2.39. The minimum atomic E-state index is -1.86. The molecule has 1 aliphatic heterocycles. The summed E-state index contributed by atoms with van der Waals surface area (Å²) >= 11 is 1.42. The molecule has 0 bridgehead atoms. The maximum Gasteiger partial charge on any atom is 0.326 e. The van der Waals surface area contributed by atoms with Crippen molar-refractivity contribution < 1.29 is 23.9 Å². The van der Waals surface area contributed by atoms with Crippen molar-refractivity contribution in [1.29, 1.82) is 0 Å². The largest absolute Gasteiger partial charge is 0.468 e. The highest BCUT2D eigenvalue weighted by Gasteiger charge is 2.62. The molecule has 136 valence electrons. The third-order valence-electron chi connectivity index (χ3n) is 5.11. The average Bonchev–Trinajstić information content (AvgIpc) is 3.27. The molecule has 6 nitrogen and oxygen atoms in total. The highest BCUT2D eigenvalue weighted by molar-refractivity contribution is 7.07. The predicted molar refractivity (Wildman–Crippen MR) is 97.4 cm³/mol. The normalized spacial score (nSPS) is 21.4. The molecule has 0 radical (unpaired) electrons. The summed E-state index contributed by atoms with van der Waals surface area (Å²) in [4.78, 5) is 53.6. The molecule has 7 heteroatoms. The van der Waals surface area contributed by atoms with Gasteiger partial charge in [-0.2, -0.15) is 11.3 Å². The lowest BCUT2D eigenvalue weighted by Gasteiger charge is -2.27. The Hall–Kier alpha value is -3.06. The fraction of sp³-hybridized carbons (Fsp3) is 0.200. The van der Waals surface area contributed by atoms with Gasteiger partial charge < -0.3 is 9.64 Å². The van der Waals surface area contributed by atoms with Crippen LogP contribution in [0, 0.1) is 5.41 Å². The standard InChI is InChI=1S/C20H15NO5S/c1-21-15-14(16(22)12-5-3-4-6-13(12)17(15)23)20(18(21)24,19(25)26-2)9-11-7-8-27-10-11/h3-8,10H,9H2,1-2H3. The van der Waals surface area contributed by atoms with E-state index in [4.69, 9.17) is 4.74 Å². The number of carbonyl (C=O) groups excluding carboxylic acids is 4. The van der Waals surface area contributed by atoms with Crippen LogP contribution in [-0.4, -0.2) is 42.5 Å². The summed E-state index contributed by atoms with van der Waals surface area (Å²) < 4.78 is 4.94. The van der Waals surface area contributed by atoms with Gasteiger partial charge in [-0.3, -0.25) is 19.2 Å². The fourth-order valence-electron chi connectivity index (χ4n) is 3.87. The quantitative estimate of drug-likeness (QED) is 0.602. The molecule has 1 aromatic carbocycles. The minimum Gasteiger partial charge on any atom is -0.468 e. The fourth-order valence-corrected chi connectivity index (χ4v) is 4.54. The Morgan fingerprint density at radius 1 is 1.11 bits per heavy atom. The Kier molecular flexibility index (Phi) is 3.85. The Morgan fingerprint density at radius 2 is 1.78 bits per heavy atom. The number of hydrogen-bond donors (Lipinski definition) is 0. The van der Waals surface area contributed by atoms with Crippen molar-refractivity contribution >= 4 is 34.8 Å². The van der Waals surface area contributed by atoms with E-state index in [-0.39, 0.29) is 28.8 Å². The summed E-state index contributed by atoms with van der Waals surface area (Å²) in [6.45, 7) is 0. The van der Waals surface area contributed by atoms with Crippen molar-refractivity contribution in [2.24, 2.45) is 5.41 Å². The molecule has 0 fully saturated rings. The summed E-state index contributed by atoms with van der Waals surface area (Å²) in [7, 11) is 2.59. The zero-order chi connectivity index (χ0) is 19.3. The van der Waals surface area contributed by atoms with Gasteiger partial charge >= 0.3 is 5.97 Å². The summed E-state index contributed by atoms with van der Waals surface area (Å²) in [5.41, 5.74) is -0.832. The van der Waals surface area contributed by atoms with Crippen LogP contribution in [0.4, 0.5) is 0 Å². The molecule has 0 N–H and O–H groups in total. The van der Waals surface area contributed by atoms with Gasteiger partial charge in [0.2, 0.25) is 11.7 Å². The second-order valence-electron chi connectivity index (χ2n) is 6.50. The lowest BCUT2D eigenvalue weighted by Crippen LogP contribution is -2.46. The maximum absolute atomic E-state index is 13.3. The number of ketones is 2. The van der Waals surface area contributed by atoms with E-state index in [0.29, 0.717) is 0 Å². The van der Waals surface area contributed by atoms with Crippen LogP contribution in [0.15, 0.2) is 52.4 Å². The first-order valence-electron chi connectivity index (χ1n) is 8.24. The number of fused-ring (bicyclic) bond motifs is 1. The smallest absolute Gasteiger partial charge is 0.326 e. The van der Waals surface area contributed by atoms with Crippen LogP contribution < -0.4 is 0 Å². The highest BCUT2D eigenvalue weighted by atomic mass is 32.1. The Balaban J connectivity index is 2.00. The van der Waals surface area contributed by atoms with E-state index in [0.717, 1.165) is 10.5 Å². The molecule has 0 saturated heterocycles. The molecule has 1 amide bonds. The van der Waals surface area contributed by atoms with Crippen molar-refractivity contribution in [3.8, 4) is 0 Å². The van der Waals surface area contributed by atoms with E-state index in [1.165, 1.54) is 31.6 Å². The number of thiophene rings is 1. The molecule has 2 aliphatic rings. The van der Waals surface area contributed by atoms with Crippen LogP contribution in [0.2, 0.25) is 0 Å². The molecule has 2 aromatic rings. The molecular formula is C20H15NO5S. The van der Waals surface area contributed by atoms with E-state index in [9.17, 15) is 19.2 Å². The number of benzene rings is 1. The van der Waals surface area contributed by atoms with Crippen molar-refractivity contribution in [2.45, 2.75) is 6.42 Å². The van der Waals surface area contributed by atoms with E-state index in [1.807, 2.05) is 5.38 Å². The molecule has 4 rings (SSSR count). The Morgan fingerprint density at radius 3 is 2.37 bits per heavy atom. The number of rotatable bonds is 3. The number of Topliss-reactive ketones (excluding diaryl/α,β-unsaturated/α-hetero) is 2. The van der Waals surface area contributed by atoms with Crippen molar-refractivity contribution in [2.75, 3.05) is 14.2 Å². The molecule has 1 aromatic heterocycles. The van der Waals surface area contributed by atoms with Gasteiger partial charge in [-0.1, -0.05) is 24.3 Å².